The van der Waals surface area contributed by atoms with Crippen molar-refractivity contribution in [3.63, 3.8) is 0 Å². The van der Waals surface area contributed by atoms with E-state index in [-0.39, 0.29) is 18.5 Å². The Kier molecular flexibility index (Phi) is 4.19. The van der Waals surface area contributed by atoms with Crippen LogP contribution in [-0.2, 0) is 11.2 Å². The highest BCUT2D eigenvalue weighted by molar-refractivity contribution is 6.04. The molecule has 1 N–H and O–H groups in total. The van der Waals surface area contributed by atoms with Crippen molar-refractivity contribution in [2.45, 2.75) is 25.8 Å². The van der Waals surface area contributed by atoms with Gasteiger partial charge in [-0.15, -0.1) is 5.92 Å². The van der Waals surface area contributed by atoms with Crippen molar-refractivity contribution in [1.82, 2.24) is 10.2 Å². The number of carbonyl (C=O) groups is 2. The summed E-state index contributed by atoms with van der Waals surface area (Å²) in [5.74, 6) is 5.25. The third kappa shape index (κ3) is 3.14. The molecule has 1 fully saturated rings. The van der Waals surface area contributed by atoms with E-state index in [1.54, 1.807) is 6.92 Å². The van der Waals surface area contributed by atoms with Crippen LogP contribution in [0, 0.1) is 11.8 Å². The van der Waals surface area contributed by atoms with Crippen LogP contribution in [0.5, 0.6) is 0 Å². The molecule has 1 aromatic rings. The molecule has 1 aromatic carbocycles. The lowest BCUT2D eigenvalue weighted by Crippen LogP contribution is -2.32. The lowest BCUT2D eigenvalue weighted by atomic mass is 10.1. The second-order valence-electron chi connectivity index (χ2n) is 4.38. The molecule has 98 valence electrons. The molecule has 1 heterocycles. The van der Waals surface area contributed by atoms with Gasteiger partial charge < -0.3 is 5.32 Å². The van der Waals surface area contributed by atoms with Crippen LogP contribution in [0.15, 0.2) is 30.3 Å². The van der Waals surface area contributed by atoms with Crippen molar-refractivity contribution in [3.05, 3.63) is 35.9 Å². The summed E-state index contributed by atoms with van der Waals surface area (Å²) in [4.78, 5) is 24.8. The third-order valence-corrected chi connectivity index (χ3v) is 3.09. The fraction of sp³-hybridized carbons (Fsp3) is 0.333. The second kappa shape index (κ2) is 6.05. The van der Waals surface area contributed by atoms with Gasteiger partial charge >= 0.3 is 6.03 Å². The number of amides is 3. The zero-order valence-electron chi connectivity index (χ0n) is 10.8. The maximum absolute atomic E-state index is 12.0. The molecule has 1 saturated heterocycles. The molecule has 1 atom stereocenters. The van der Waals surface area contributed by atoms with Gasteiger partial charge in [-0.25, -0.2) is 4.79 Å². The van der Waals surface area contributed by atoms with Gasteiger partial charge in [-0.05, 0) is 25.3 Å². The minimum Gasteiger partial charge on any atom is -0.326 e. The average Bonchev–Trinajstić information content (AvgIpc) is 2.70. The fourth-order valence-corrected chi connectivity index (χ4v) is 2.04. The summed E-state index contributed by atoms with van der Waals surface area (Å²) >= 11 is 0. The van der Waals surface area contributed by atoms with Crippen LogP contribution in [0.4, 0.5) is 4.79 Å². The van der Waals surface area contributed by atoms with Crippen molar-refractivity contribution in [1.29, 1.82) is 0 Å². The monoisotopic (exact) mass is 256 g/mol. The largest absolute Gasteiger partial charge is 0.326 e. The van der Waals surface area contributed by atoms with E-state index in [2.05, 4.69) is 17.2 Å². The summed E-state index contributed by atoms with van der Waals surface area (Å²) in [7, 11) is 0. The molecular weight excluding hydrogens is 240 g/mol. The molecule has 0 radical (unpaired) electrons. The van der Waals surface area contributed by atoms with Gasteiger partial charge in [-0.1, -0.05) is 36.3 Å². The number of nitrogens with zero attached hydrogens (tertiary/aromatic N) is 1. The zero-order valence-corrected chi connectivity index (χ0v) is 10.8. The van der Waals surface area contributed by atoms with Crippen LogP contribution in [0.3, 0.4) is 0 Å². The number of urea groups is 1. The Labute approximate surface area is 112 Å². The van der Waals surface area contributed by atoms with Crippen molar-refractivity contribution in [2.75, 3.05) is 6.54 Å². The highest BCUT2D eigenvalue weighted by Crippen LogP contribution is 2.12. The van der Waals surface area contributed by atoms with Crippen LogP contribution in [0.25, 0.3) is 0 Å². The maximum atomic E-state index is 12.0. The maximum Gasteiger partial charge on any atom is 0.325 e. The molecule has 0 unspecified atom stereocenters. The summed E-state index contributed by atoms with van der Waals surface area (Å²) in [6, 6.07) is 9.15. The Bertz CT molecular complexity index is 528. The Hall–Kier alpha value is -2.28. The average molecular weight is 256 g/mol. The number of hydrogen-bond donors (Lipinski definition) is 1. The minimum atomic E-state index is -0.425. The number of rotatable bonds is 4. The number of hydrogen-bond acceptors (Lipinski definition) is 2. The van der Waals surface area contributed by atoms with E-state index in [0.717, 1.165) is 12.0 Å². The Balaban J connectivity index is 1.93. The van der Waals surface area contributed by atoms with Crippen molar-refractivity contribution < 1.29 is 9.59 Å². The summed E-state index contributed by atoms with van der Waals surface area (Å²) in [5.41, 5.74) is 1.16. The van der Waals surface area contributed by atoms with Crippen LogP contribution >= 0.6 is 0 Å². The van der Waals surface area contributed by atoms with Crippen LogP contribution in [-0.4, -0.2) is 29.4 Å². The van der Waals surface area contributed by atoms with Crippen molar-refractivity contribution >= 4 is 11.9 Å². The molecule has 4 heteroatoms. The molecule has 4 nitrogen and oxygen atoms in total. The van der Waals surface area contributed by atoms with Crippen LogP contribution in [0.1, 0.15) is 18.9 Å². The highest BCUT2D eigenvalue weighted by atomic mass is 16.2. The predicted molar refractivity (Wildman–Crippen MR) is 72.2 cm³/mol. The van der Waals surface area contributed by atoms with E-state index in [4.69, 9.17) is 0 Å². The first-order valence-corrected chi connectivity index (χ1v) is 6.28. The minimum absolute atomic E-state index is 0.170. The van der Waals surface area contributed by atoms with Gasteiger partial charge in [-0.2, -0.15) is 0 Å². The van der Waals surface area contributed by atoms with Crippen molar-refractivity contribution in [3.8, 4) is 11.8 Å². The predicted octanol–water partition coefficient (Wildman–Crippen LogP) is 1.56. The Morgan fingerprint density at radius 1 is 1.26 bits per heavy atom. The SMILES string of the molecule is CC#CCN1C(=O)N[C@H](CCc2ccccc2)C1=O. The smallest absolute Gasteiger partial charge is 0.325 e. The molecule has 1 aliphatic heterocycles. The Morgan fingerprint density at radius 3 is 2.68 bits per heavy atom. The summed E-state index contributed by atoms with van der Waals surface area (Å²) in [5, 5.41) is 2.70. The number of benzene rings is 1. The molecular formula is C15H16N2O2. The normalized spacial score (nSPS) is 17.9. The molecule has 0 spiro atoms. The Morgan fingerprint density at radius 2 is 2.00 bits per heavy atom. The topological polar surface area (TPSA) is 49.4 Å². The number of imide groups is 1. The van der Waals surface area contributed by atoms with E-state index >= 15 is 0 Å². The quantitative estimate of drug-likeness (QED) is 0.656. The van der Waals surface area contributed by atoms with Gasteiger partial charge in [0.2, 0.25) is 0 Å². The standard InChI is InChI=1S/C15H16N2O2/c1-2-3-11-17-14(18)13(16-15(17)19)10-9-12-7-5-4-6-8-12/h4-8,13H,9-11H2,1H3,(H,16,19)/t13-/m1/s1. The summed E-state index contributed by atoms with van der Waals surface area (Å²) in [6.07, 6.45) is 1.38. The van der Waals surface area contributed by atoms with Gasteiger partial charge in [0.1, 0.15) is 6.04 Å². The lowest BCUT2D eigenvalue weighted by molar-refractivity contribution is -0.127. The van der Waals surface area contributed by atoms with Crippen LogP contribution < -0.4 is 5.32 Å². The first-order valence-electron chi connectivity index (χ1n) is 6.28. The highest BCUT2D eigenvalue weighted by Gasteiger charge is 2.36. The number of aryl methyl sites for hydroxylation is 1. The van der Waals surface area contributed by atoms with Gasteiger partial charge in [0.15, 0.2) is 0 Å². The molecule has 0 aliphatic carbocycles. The molecule has 0 bridgehead atoms. The zero-order chi connectivity index (χ0) is 13.7. The van der Waals surface area contributed by atoms with Gasteiger partial charge in [0, 0.05) is 0 Å². The van der Waals surface area contributed by atoms with Crippen molar-refractivity contribution in [2.24, 2.45) is 0 Å². The molecule has 2 rings (SSSR count). The molecule has 0 aromatic heterocycles. The summed E-state index contributed by atoms with van der Waals surface area (Å²) < 4.78 is 0. The summed E-state index contributed by atoms with van der Waals surface area (Å²) in [6.45, 7) is 1.86. The lowest BCUT2D eigenvalue weighted by Gasteiger charge is -2.09. The van der Waals surface area contributed by atoms with Crippen LogP contribution in [0.2, 0.25) is 0 Å². The first-order chi connectivity index (χ1) is 9.22. The number of carbonyl (C=O) groups excluding carboxylic acids is 2. The molecule has 19 heavy (non-hydrogen) atoms. The second-order valence-corrected chi connectivity index (χ2v) is 4.38. The molecule has 0 saturated carbocycles. The molecule has 3 amide bonds. The third-order valence-electron chi connectivity index (χ3n) is 3.09. The van der Waals surface area contributed by atoms with E-state index in [9.17, 15) is 9.59 Å². The van der Waals surface area contributed by atoms with Gasteiger partial charge in [0.25, 0.3) is 5.91 Å². The number of nitrogens with one attached hydrogen (secondary N) is 1. The van der Waals surface area contributed by atoms with E-state index in [1.807, 2.05) is 30.3 Å². The molecule has 1 aliphatic rings. The van der Waals surface area contributed by atoms with E-state index in [1.165, 1.54) is 4.90 Å². The van der Waals surface area contributed by atoms with Gasteiger partial charge in [0.05, 0.1) is 6.54 Å². The first kappa shape index (κ1) is 13.2. The van der Waals surface area contributed by atoms with Gasteiger partial charge in [-0.3, -0.25) is 9.69 Å². The van der Waals surface area contributed by atoms with E-state index < -0.39 is 6.04 Å². The fourth-order valence-electron chi connectivity index (χ4n) is 2.04. The van der Waals surface area contributed by atoms with E-state index in [0.29, 0.717) is 6.42 Å².